The second-order valence-electron chi connectivity index (χ2n) is 9.89. The molecule has 1 aliphatic rings. The molecule has 198 valence electrons. The SMILES string of the molecule is CCN1CCC(Cc2cc(F)ccc2S(=O)(=O)Nc2ccc(C(C)C(C)C)c(OC)c2C(=O)O)CC1. The number of hydrogen-bond acceptors (Lipinski definition) is 5. The molecule has 1 atom stereocenters. The number of carboxylic acid groups (broad SMARTS) is 1. The minimum Gasteiger partial charge on any atom is -0.495 e. The Morgan fingerprint density at radius 2 is 1.86 bits per heavy atom. The van der Waals surface area contributed by atoms with Crippen molar-refractivity contribution in [1.82, 2.24) is 4.90 Å². The summed E-state index contributed by atoms with van der Waals surface area (Å²) in [4.78, 5) is 14.5. The average molecular weight is 521 g/mol. The Bertz CT molecular complexity index is 1190. The number of piperidine rings is 1. The number of carboxylic acids is 1. The highest BCUT2D eigenvalue weighted by Gasteiger charge is 2.29. The Hall–Kier alpha value is -2.65. The number of likely N-dealkylation sites (tertiary alicyclic amines) is 1. The van der Waals surface area contributed by atoms with Gasteiger partial charge in [-0.25, -0.2) is 17.6 Å². The summed E-state index contributed by atoms with van der Waals surface area (Å²) in [5, 5.41) is 9.97. The van der Waals surface area contributed by atoms with Gasteiger partial charge in [0.2, 0.25) is 0 Å². The maximum absolute atomic E-state index is 14.2. The summed E-state index contributed by atoms with van der Waals surface area (Å²) in [5.74, 6) is -1.22. The molecule has 1 unspecified atom stereocenters. The standard InChI is InChI=1S/C27H37FN2O5S/c1-6-30-13-11-19(12-14-30)15-20-16-21(28)7-10-24(20)36(33,34)29-23-9-8-22(18(4)17(2)3)26(35-5)25(23)27(31)32/h7-10,16-19,29H,6,11-15H2,1-5H3,(H,31,32). The zero-order valence-corrected chi connectivity index (χ0v) is 22.5. The average Bonchev–Trinajstić information content (AvgIpc) is 2.83. The third-order valence-corrected chi connectivity index (χ3v) is 8.78. The smallest absolute Gasteiger partial charge is 0.341 e. The molecule has 0 aliphatic carbocycles. The highest BCUT2D eigenvalue weighted by molar-refractivity contribution is 7.92. The largest absolute Gasteiger partial charge is 0.495 e. The summed E-state index contributed by atoms with van der Waals surface area (Å²) in [5.41, 5.74) is 0.743. The number of nitrogens with zero attached hydrogens (tertiary/aromatic N) is 1. The number of halogens is 1. The number of carbonyl (C=O) groups is 1. The Morgan fingerprint density at radius 1 is 1.19 bits per heavy atom. The summed E-state index contributed by atoms with van der Waals surface area (Å²) in [6.45, 7) is 10.9. The lowest BCUT2D eigenvalue weighted by molar-refractivity contribution is 0.0694. The molecule has 2 N–H and O–H groups in total. The molecule has 36 heavy (non-hydrogen) atoms. The van der Waals surface area contributed by atoms with Gasteiger partial charge in [0.25, 0.3) is 10.0 Å². The molecule has 0 radical (unpaired) electrons. The highest BCUT2D eigenvalue weighted by Crippen LogP contribution is 2.39. The van der Waals surface area contributed by atoms with E-state index in [1.54, 1.807) is 6.07 Å². The lowest BCUT2D eigenvalue weighted by atomic mass is 9.88. The van der Waals surface area contributed by atoms with Crippen LogP contribution in [0.1, 0.15) is 67.9 Å². The Balaban J connectivity index is 1.98. The molecule has 0 aromatic heterocycles. The zero-order valence-electron chi connectivity index (χ0n) is 21.7. The van der Waals surface area contributed by atoms with Gasteiger partial charge in [0.05, 0.1) is 17.7 Å². The van der Waals surface area contributed by atoms with Gasteiger partial charge in [-0.3, -0.25) is 4.72 Å². The van der Waals surface area contributed by atoms with Crippen LogP contribution in [0.4, 0.5) is 10.1 Å². The van der Waals surface area contributed by atoms with E-state index in [-0.39, 0.29) is 39.6 Å². The van der Waals surface area contributed by atoms with Gasteiger partial charge in [-0.15, -0.1) is 0 Å². The van der Waals surface area contributed by atoms with Gasteiger partial charge in [0, 0.05) is 0 Å². The van der Waals surface area contributed by atoms with Gasteiger partial charge in [-0.2, -0.15) is 0 Å². The van der Waals surface area contributed by atoms with Crippen LogP contribution >= 0.6 is 0 Å². The minimum atomic E-state index is -4.20. The summed E-state index contributed by atoms with van der Waals surface area (Å²) in [6, 6.07) is 6.79. The van der Waals surface area contributed by atoms with E-state index in [0.29, 0.717) is 17.5 Å². The van der Waals surface area contributed by atoms with Gasteiger partial charge in [-0.05, 0) is 92.0 Å². The summed E-state index contributed by atoms with van der Waals surface area (Å²) in [6.07, 6.45) is 2.26. The van der Waals surface area contributed by atoms with Gasteiger partial charge in [-0.1, -0.05) is 33.8 Å². The van der Waals surface area contributed by atoms with E-state index < -0.39 is 21.8 Å². The van der Waals surface area contributed by atoms with Crippen LogP contribution in [0.25, 0.3) is 0 Å². The third kappa shape index (κ3) is 6.18. The molecule has 3 rings (SSSR count). The molecule has 0 saturated carbocycles. The lowest BCUT2D eigenvalue weighted by Crippen LogP contribution is -2.34. The highest BCUT2D eigenvalue weighted by atomic mass is 32.2. The van der Waals surface area contributed by atoms with Crippen LogP contribution in [0.5, 0.6) is 5.75 Å². The van der Waals surface area contributed by atoms with Gasteiger partial charge in [0.1, 0.15) is 17.1 Å². The minimum absolute atomic E-state index is 0.00784. The van der Waals surface area contributed by atoms with Gasteiger partial charge in [0.15, 0.2) is 0 Å². The number of methoxy groups -OCH3 is 1. The third-order valence-electron chi connectivity index (χ3n) is 7.32. The molecular weight excluding hydrogens is 483 g/mol. The quantitative estimate of drug-likeness (QED) is 0.437. The molecule has 2 aromatic carbocycles. The second kappa shape index (κ2) is 11.6. The first-order valence-corrected chi connectivity index (χ1v) is 13.9. The van der Waals surface area contributed by atoms with E-state index in [4.69, 9.17) is 4.74 Å². The molecule has 1 heterocycles. The normalized spacial score (nSPS) is 16.2. The number of sulfonamides is 1. The van der Waals surface area contributed by atoms with Gasteiger partial charge < -0.3 is 14.7 Å². The number of ether oxygens (including phenoxy) is 1. The predicted molar refractivity (Wildman–Crippen MR) is 139 cm³/mol. The van der Waals surface area contributed by atoms with Crippen molar-refractivity contribution >= 4 is 21.7 Å². The van der Waals surface area contributed by atoms with E-state index in [1.807, 2.05) is 20.8 Å². The van der Waals surface area contributed by atoms with Gasteiger partial charge >= 0.3 is 5.97 Å². The molecular formula is C27H37FN2O5S. The van der Waals surface area contributed by atoms with Crippen LogP contribution in [-0.4, -0.2) is 51.1 Å². The van der Waals surface area contributed by atoms with Crippen molar-refractivity contribution in [3.05, 3.63) is 52.8 Å². The Morgan fingerprint density at radius 3 is 2.42 bits per heavy atom. The molecule has 0 amide bonds. The van der Waals surface area contributed by atoms with E-state index in [2.05, 4.69) is 16.5 Å². The van der Waals surface area contributed by atoms with Crippen molar-refractivity contribution in [2.75, 3.05) is 31.5 Å². The number of hydrogen-bond donors (Lipinski definition) is 2. The van der Waals surface area contributed by atoms with Crippen LogP contribution in [-0.2, 0) is 16.4 Å². The topological polar surface area (TPSA) is 95.9 Å². The van der Waals surface area contributed by atoms with Crippen molar-refractivity contribution in [2.45, 2.75) is 57.8 Å². The number of rotatable bonds is 10. The molecule has 2 aromatic rings. The Kier molecular flexibility index (Phi) is 9.00. The summed E-state index contributed by atoms with van der Waals surface area (Å²) >= 11 is 0. The zero-order chi connectivity index (χ0) is 26.6. The van der Waals surface area contributed by atoms with E-state index in [0.717, 1.165) is 38.5 Å². The maximum Gasteiger partial charge on any atom is 0.341 e. The van der Waals surface area contributed by atoms with E-state index in [1.165, 1.54) is 25.3 Å². The number of benzene rings is 2. The van der Waals surface area contributed by atoms with E-state index in [9.17, 15) is 22.7 Å². The fourth-order valence-corrected chi connectivity index (χ4v) is 6.13. The van der Waals surface area contributed by atoms with Crippen molar-refractivity contribution < 1.29 is 27.4 Å². The van der Waals surface area contributed by atoms with Crippen LogP contribution < -0.4 is 9.46 Å². The number of aromatic carboxylic acids is 1. The fraction of sp³-hybridized carbons (Fsp3) is 0.519. The lowest BCUT2D eigenvalue weighted by Gasteiger charge is -2.31. The molecule has 0 spiro atoms. The first kappa shape index (κ1) is 27.9. The van der Waals surface area contributed by atoms with Crippen molar-refractivity contribution in [3.63, 3.8) is 0 Å². The maximum atomic E-state index is 14.2. The van der Waals surface area contributed by atoms with Crippen LogP contribution in [0.3, 0.4) is 0 Å². The van der Waals surface area contributed by atoms with Crippen LogP contribution in [0.15, 0.2) is 35.2 Å². The van der Waals surface area contributed by atoms with Crippen molar-refractivity contribution in [1.29, 1.82) is 0 Å². The first-order valence-electron chi connectivity index (χ1n) is 12.5. The molecule has 7 nitrogen and oxygen atoms in total. The predicted octanol–water partition coefficient (Wildman–Crippen LogP) is 5.37. The first-order chi connectivity index (χ1) is 17.0. The fourth-order valence-electron chi connectivity index (χ4n) is 4.82. The monoisotopic (exact) mass is 520 g/mol. The Labute approximate surface area is 213 Å². The summed E-state index contributed by atoms with van der Waals surface area (Å²) < 4.78 is 49.1. The van der Waals surface area contributed by atoms with Crippen LogP contribution in [0.2, 0.25) is 0 Å². The molecule has 1 fully saturated rings. The second-order valence-corrected chi connectivity index (χ2v) is 11.5. The molecule has 1 saturated heterocycles. The number of nitrogens with one attached hydrogen (secondary N) is 1. The number of anilines is 1. The molecule has 9 heteroatoms. The molecule has 0 bridgehead atoms. The molecule has 1 aliphatic heterocycles. The van der Waals surface area contributed by atoms with Crippen molar-refractivity contribution in [2.24, 2.45) is 11.8 Å². The van der Waals surface area contributed by atoms with E-state index >= 15 is 0 Å². The summed E-state index contributed by atoms with van der Waals surface area (Å²) in [7, 11) is -2.83. The van der Waals surface area contributed by atoms with Crippen LogP contribution in [0, 0.1) is 17.7 Å². The van der Waals surface area contributed by atoms with Crippen molar-refractivity contribution in [3.8, 4) is 5.75 Å².